The van der Waals surface area contributed by atoms with Crippen molar-refractivity contribution in [2.24, 2.45) is 0 Å². The second-order valence-corrected chi connectivity index (χ2v) is 5.34. The smallest absolute Gasteiger partial charge is 0.263 e. The number of nitrogens with one attached hydrogen (secondary N) is 2. The molecule has 21 heavy (non-hydrogen) atoms. The van der Waals surface area contributed by atoms with E-state index in [0.29, 0.717) is 29.6 Å². The molecule has 0 aromatic heterocycles. The number of rotatable bonds is 6. The Morgan fingerprint density at radius 1 is 1.43 bits per heavy atom. The van der Waals surface area contributed by atoms with Crippen molar-refractivity contribution in [1.82, 2.24) is 5.32 Å². The average molecular weight is 326 g/mol. The van der Waals surface area contributed by atoms with E-state index in [0.717, 1.165) is 11.1 Å². The van der Waals surface area contributed by atoms with Gasteiger partial charge in [-0.2, -0.15) is 5.26 Å². The summed E-state index contributed by atoms with van der Waals surface area (Å²) in [5, 5.41) is 15.1. The lowest BCUT2D eigenvalue weighted by Gasteiger charge is -2.10. The maximum absolute atomic E-state index is 11.8. The van der Waals surface area contributed by atoms with Crippen LogP contribution in [-0.2, 0) is 4.79 Å². The van der Waals surface area contributed by atoms with Gasteiger partial charge in [-0.25, -0.2) is 0 Å². The van der Waals surface area contributed by atoms with Gasteiger partial charge in [-0.05, 0) is 37.5 Å². The van der Waals surface area contributed by atoms with Crippen molar-refractivity contribution in [3.63, 3.8) is 0 Å². The molecule has 0 heterocycles. The summed E-state index contributed by atoms with van der Waals surface area (Å²) in [7, 11) is 0. The Kier molecular flexibility index (Phi) is 7.07. The van der Waals surface area contributed by atoms with Gasteiger partial charge in [0.2, 0.25) is 0 Å². The molecule has 0 saturated carbocycles. The first kappa shape index (κ1) is 17.4. The summed E-state index contributed by atoms with van der Waals surface area (Å²) in [6.45, 7) is 4.29. The highest BCUT2D eigenvalue weighted by molar-refractivity contribution is 6.33. The zero-order valence-corrected chi connectivity index (χ0v) is 13.5. The Balaban J connectivity index is 2.82. The third-order valence-corrected chi connectivity index (χ3v) is 3.32. The van der Waals surface area contributed by atoms with Crippen LogP contribution in [0.3, 0.4) is 0 Å². The maximum atomic E-state index is 11.8. The maximum Gasteiger partial charge on any atom is 0.263 e. The van der Waals surface area contributed by atoms with Gasteiger partial charge in [0.15, 0.2) is 0 Å². The van der Waals surface area contributed by atoms with E-state index in [1.807, 2.05) is 32.0 Å². The Hall–Kier alpha value is -1.70. The second-order valence-electron chi connectivity index (χ2n) is 4.55. The number of anilines is 1. The number of benzene rings is 1. The van der Waals surface area contributed by atoms with E-state index < -0.39 is 5.91 Å². The third-order valence-electron chi connectivity index (χ3n) is 2.75. The molecule has 0 radical (unpaired) electrons. The molecule has 1 aromatic rings. The van der Waals surface area contributed by atoms with Crippen LogP contribution in [0.25, 0.3) is 0 Å². The largest absolute Gasteiger partial charge is 0.359 e. The molecular weight excluding hydrogens is 309 g/mol. The predicted octanol–water partition coefficient (Wildman–Crippen LogP) is 3.52. The van der Waals surface area contributed by atoms with E-state index in [-0.39, 0.29) is 5.57 Å². The van der Waals surface area contributed by atoms with E-state index in [1.165, 1.54) is 6.20 Å². The SMILES string of the molecule is Cc1cc(C)c(N/C=C(/C#N)C(=O)NCCCCl)c(Cl)c1. The van der Waals surface area contributed by atoms with Crippen LogP contribution in [0.5, 0.6) is 0 Å². The van der Waals surface area contributed by atoms with Gasteiger partial charge in [0.25, 0.3) is 5.91 Å². The van der Waals surface area contributed by atoms with E-state index in [2.05, 4.69) is 10.6 Å². The first-order valence-corrected chi connectivity index (χ1v) is 7.38. The predicted molar refractivity (Wildman–Crippen MR) is 86.6 cm³/mol. The monoisotopic (exact) mass is 325 g/mol. The lowest BCUT2D eigenvalue weighted by Crippen LogP contribution is -2.26. The van der Waals surface area contributed by atoms with Gasteiger partial charge < -0.3 is 10.6 Å². The third kappa shape index (κ3) is 5.30. The molecule has 0 bridgehead atoms. The topological polar surface area (TPSA) is 64.9 Å². The van der Waals surface area contributed by atoms with Crippen LogP contribution in [-0.4, -0.2) is 18.3 Å². The van der Waals surface area contributed by atoms with E-state index in [9.17, 15) is 4.79 Å². The Bertz CT molecular complexity index is 568. The fourth-order valence-electron chi connectivity index (χ4n) is 1.76. The Morgan fingerprint density at radius 3 is 2.71 bits per heavy atom. The zero-order chi connectivity index (χ0) is 15.8. The number of halogens is 2. The van der Waals surface area contributed by atoms with Gasteiger partial charge in [0.1, 0.15) is 11.6 Å². The molecule has 112 valence electrons. The van der Waals surface area contributed by atoms with Gasteiger partial charge in [0, 0.05) is 18.6 Å². The first-order valence-electron chi connectivity index (χ1n) is 6.47. The number of hydrogen-bond donors (Lipinski definition) is 2. The average Bonchev–Trinajstić information content (AvgIpc) is 2.42. The van der Waals surface area contributed by atoms with Crippen molar-refractivity contribution in [2.45, 2.75) is 20.3 Å². The summed E-state index contributed by atoms with van der Waals surface area (Å²) >= 11 is 11.7. The molecule has 0 aliphatic heterocycles. The number of amides is 1. The molecule has 0 saturated heterocycles. The number of alkyl halides is 1. The van der Waals surface area contributed by atoms with Crippen molar-refractivity contribution >= 4 is 34.8 Å². The molecule has 0 fully saturated rings. The van der Waals surface area contributed by atoms with Gasteiger partial charge in [0.05, 0.1) is 10.7 Å². The molecule has 6 heteroatoms. The highest BCUT2D eigenvalue weighted by Crippen LogP contribution is 2.27. The molecule has 1 amide bonds. The molecular formula is C15H17Cl2N3O. The molecule has 1 aromatic carbocycles. The Labute approximate surface area is 134 Å². The van der Waals surface area contributed by atoms with Crippen LogP contribution in [0.4, 0.5) is 5.69 Å². The molecule has 0 spiro atoms. The molecule has 4 nitrogen and oxygen atoms in total. The quantitative estimate of drug-likeness (QED) is 0.364. The van der Waals surface area contributed by atoms with Gasteiger partial charge in [-0.1, -0.05) is 17.7 Å². The molecule has 0 aliphatic rings. The summed E-state index contributed by atoms with van der Waals surface area (Å²) in [6.07, 6.45) is 2.02. The summed E-state index contributed by atoms with van der Waals surface area (Å²) < 4.78 is 0. The van der Waals surface area contributed by atoms with Crippen LogP contribution in [0.2, 0.25) is 5.02 Å². The summed E-state index contributed by atoms with van der Waals surface area (Å²) in [5.74, 6) is 0.0264. The van der Waals surface area contributed by atoms with Crippen LogP contribution >= 0.6 is 23.2 Å². The highest BCUT2D eigenvalue weighted by Gasteiger charge is 2.09. The summed E-state index contributed by atoms with van der Waals surface area (Å²) in [5.41, 5.74) is 2.66. The highest BCUT2D eigenvalue weighted by atomic mass is 35.5. The van der Waals surface area contributed by atoms with Crippen LogP contribution in [0.1, 0.15) is 17.5 Å². The van der Waals surface area contributed by atoms with Gasteiger partial charge in [-0.15, -0.1) is 11.6 Å². The van der Waals surface area contributed by atoms with Crippen LogP contribution < -0.4 is 10.6 Å². The summed E-state index contributed by atoms with van der Waals surface area (Å²) in [6, 6.07) is 5.64. The summed E-state index contributed by atoms with van der Waals surface area (Å²) in [4.78, 5) is 11.8. The number of aryl methyl sites for hydroxylation is 2. The number of carbonyl (C=O) groups excluding carboxylic acids is 1. The molecule has 2 N–H and O–H groups in total. The fraction of sp³-hybridized carbons (Fsp3) is 0.333. The number of hydrogen-bond acceptors (Lipinski definition) is 3. The van der Waals surface area contributed by atoms with Crippen molar-refractivity contribution < 1.29 is 4.79 Å². The standard InChI is InChI=1S/C15H17Cl2N3O/c1-10-6-11(2)14(13(17)7-10)20-9-12(8-18)15(21)19-5-3-4-16/h6-7,9,20H,3-5H2,1-2H3,(H,19,21)/b12-9-. The van der Waals surface area contributed by atoms with Crippen molar-refractivity contribution in [3.8, 4) is 6.07 Å². The van der Waals surface area contributed by atoms with E-state index in [4.69, 9.17) is 28.5 Å². The zero-order valence-electron chi connectivity index (χ0n) is 12.0. The number of carbonyl (C=O) groups is 1. The van der Waals surface area contributed by atoms with Crippen LogP contribution in [0, 0.1) is 25.2 Å². The fourth-order valence-corrected chi connectivity index (χ4v) is 2.26. The number of nitriles is 1. The van der Waals surface area contributed by atoms with Gasteiger partial charge in [-0.3, -0.25) is 4.79 Å². The number of nitrogens with zero attached hydrogens (tertiary/aromatic N) is 1. The van der Waals surface area contributed by atoms with E-state index >= 15 is 0 Å². The Morgan fingerprint density at radius 2 is 2.14 bits per heavy atom. The lowest BCUT2D eigenvalue weighted by molar-refractivity contribution is -0.117. The van der Waals surface area contributed by atoms with Crippen molar-refractivity contribution in [2.75, 3.05) is 17.7 Å². The first-order chi connectivity index (χ1) is 9.99. The molecule has 1 rings (SSSR count). The second kappa shape index (κ2) is 8.56. The normalized spacial score (nSPS) is 10.9. The molecule has 0 aliphatic carbocycles. The lowest BCUT2D eigenvalue weighted by atomic mass is 10.1. The van der Waals surface area contributed by atoms with Crippen molar-refractivity contribution in [1.29, 1.82) is 5.26 Å². The minimum absolute atomic E-state index is 0.0133. The minimum atomic E-state index is -0.434. The van der Waals surface area contributed by atoms with Crippen LogP contribution in [0.15, 0.2) is 23.9 Å². The van der Waals surface area contributed by atoms with Gasteiger partial charge >= 0.3 is 0 Å². The van der Waals surface area contributed by atoms with E-state index in [1.54, 1.807) is 0 Å². The minimum Gasteiger partial charge on any atom is -0.359 e. The molecule has 0 atom stereocenters. The molecule has 0 unspecified atom stereocenters. The van der Waals surface area contributed by atoms with Crippen molar-refractivity contribution in [3.05, 3.63) is 40.1 Å².